The number of nitrogens with one attached hydrogen (secondary N) is 2. The van der Waals surface area contributed by atoms with E-state index in [0.29, 0.717) is 12.5 Å². The maximum Gasteiger partial charge on any atom is 0.253 e. The van der Waals surface area contributed by atoms with Gasteiger partial charge in [0.15, 0.2) is 5.96 Å². The maximum atomic E-state index is 11.9. The van der Waals surface area contributed by atoms with Gasteiger partial charge in [-0.2, -0.15) is 0 Å². The van der Waals surface area contributed by atoms with Gasteiger partial charge in [-0.25, -0.2) is 0 Å². The molecule has 1 aliphatic heterocycles. The van der Waals surface area contributed by atoms with Gasteiger partial charge in [-0.05, 0) is 37.5 Å². The van der Waals surface area contributed by atoms with E-state index < -0.39 is 0 Å². The summed E-state index contributed by atoms with van der Waals surface area (Å²) in [4.78, 5) is 16.1. The molecule has 1 aromatic carbocycles. The van der Waals surface area contributed by atoms with Crippen LogP contribution in [-0.2, 0) is 4.79 Å². The largest absolute Gasteiger partial charge is 0.340 e. The molecule has 1 saturated heterocycles. The quantitative estimate of drug-likeness (QED) is 0.809. The van der Waals surface area contributed by atoms with Gasteiger partial charge >= 0.3 is 0 Å². The second-order valence-electron chi connectivity index (χ2n) is 4.20. The lowest BCUT2D eigenvalue weighted by Gasteiger charge is -2.14. The highest BCUT2D eigenvalue weighted by Gasteiger charge is 2.31. The number of rotatable bonds is 2. The summed E-state index contributed by atoms with van der Waals surface area (Å²) in [5, 5.41) is 5.89. The molecule has 1 amide bonds. The Kier molecular flexibility index (Phi) is 3.13. The third-order valence-corrected chi connectivity index (χ3v) is 2.93. The summed E-state index contributed by atoms with van der Waals surface area (Å²) in [6.07, 6.45) is 0. The SMILES string of the molecule is CCN=C1NC(=O)C(c2c(C)cccc2C)N1. The third-order valence-electron chi connectivity index (χ3n) is 2.93. The molecule has 0 radical (unpaired) electrons. The number of carbonyl (C=O) groups is 1. The van der Waals surface area contributed by atoms with Crippen molar-refractivity contribution in [3.8, 4) is 0 Å². The zero-order chi connectivity index (χ0) is 12.4. The number of aliphatic imine (C=N–C) groups is 1. The number of benzene rings is 1. The lowest BCUT2D eigenvalue weighted by molar-refractivity contribution is -0.120. The van der Waals surface area contributed by atoms with Crippen LogP contribution < -0.4 is 10.6 Å². The van der Waals surface area contributed by atoms with Crippen molar-refractivity contribution in [3.05, 3.63) is 34.9 Å². The molecule has 1 aliphatic rings. The van der Waals surface area contributed by atoms with Crippen molar-refractivity contribution in [2.24, 2.45) is 4.99 Å². The number of hydrogen-bond donors (Lipinski definition) is 2. The van der Waals surface area contributed by atoms with Crippen LogP contribution in [0.1, 0.15) is 29.7 Å². The Morgan fingerprint density at radius 2 is 1.94 bits per heavy atom. The highest BCUT2D eigenvalue weighted by molar-refractivity contribution is 6.07. The van der Waals surface area contributed by atoms with Gasteiger partial charge in [-0.3, -0.25) is 15.1 Å². The Morgan fingerprint density at radius 1 is 1.29 bits per heavy atom. The molecule has 4 heteroatoms. The van der Waals surface area contributed by atoms with Gasteiger partial charge in [0.05, 0.1) is 0 Å². The summed E-state index contributed by atoms with van der Waals surface area (Å²) in [5.41, 5.74) is 3.29. The Balaban J connectivity index is 2.36. The molecular weight excluding hydrogens is 214 g/mol. The predicted molar refractivity (Wildman–Crippen MR) is 67.9 cm³/mol. The normalized spacial score (nSPS) is 21.5. The number of hydrogen-bond acceptors (Lipinski definition) is 2. The van der Waals surface area contributed by atoms with E-state index in [9.17, 15) is 4.79 Å². The van der Waals surface area contributed by atoms with E-state index in [2.05, 4.69) is 15.6 Å². The second kappa shape index (κ2) is 4.57. The zero-order valence-corrected chi connectivity index (χ0v) is 10.4. The molecule has 0 bridgehead atoms. The van der Waals surface area contributed by atoms with Crippen LogP contribution in [-0.4, -0.2) is 18.4 Å². The molecule has 1 aromatic rings. The Hall–Kier alpha value is -1.84. The Bertz CT molecular complexity index is 459. The van der Waals surface area contributed by atoms with E-state index in [4.69, 9.17) is 0 Å². The smallest absolute Gasteiger partial charge is 0.253 e. The van der Waals surface area contributed by atoms with Gasteiger partial charge < -0.3 is 5.32 Å². The molecule has 0 spiro atoms. The predicted octanol–water partition coefficient (Wildman–Crippen LogP) is 1.44. The average molecular weight is 231 g/mol. The average Bonchev–Trinajstić information content (AvgIpc) is 2.60. The fourth-order valence-corrected chi connectivity index (χ4v) is 2.16. The van der Waals surface area contributed by atoms with Gasteiger partial charge in [0, 0.05) is 6.54 Å². The molecule has 17 heavy (non-hydrogen) atoms. The van der Waals surface area contributed by atoms with Crippen molar-refractivity contribution in [1.29, 1.82) is 0 Å². The van der Waals surface area contributed by atoms with E-state index in [-0.39, 0.29) is 11.9 Å². The molecule has 0 saturated carbocycles. The summed E-state index contributed by atoms with van der Waals surface area (Å²) in [7, 11) is 0. The van der Waals surface area contributed by atoms with E-state index >= 15 is 0 Å². The molecule has 4 nitrogen and oxygen atoms in total. The van der Waals surface area contributed by atoms with Crippen LogP contribution in [0.5, 0.6) is 0 Å². The Morgan fingerprint density at radius 3 is 2.53 bits per heavy atom. The van der Waals surface area contributed by atoms with Crippen LogP contribution in [0.4, 0.5) is 0 Å². The van der Waals surface area contributed by atoms with Crippen molar-refractivity contribution in [1.82, 2.24) is 10.6 Å². The first-order valence-corrected chi connectivity index (χ1v) is 5.81. The van der Waals surface area contributed by atoms with Crippen LogP contribution in [0.3, 0.4) is 0 Å². The van der Waals surface area contributed by atoms with Crippen molar-refractivity contribution in [2.75, 3.05) is 6.54 Å². The van der Waals surface area contributed by atoms with Crippen molar-refractivity contribution >= 4 is 11.9 Å². The zero-order valence-electron chi connectivity index (χ0n) is 10.4. The minimum absolute atomic E-state index is 0.0328. The fraction of sp³-hybridized carbons (Fsp3) is 0.385. The van der Waals surface area contributed by atoms with Crippen molar-refractivity contribution in [2.45, 2.75) is 26.8 Å². The van der Waals surface area contributed by atoms with Gasteiger partial charge in [-0.1, -0.05) is 18.2 Å². The minimum atomic E-state index is -0.318. The number of aryl methyl sites for hydroxylation is 2. The third kappa shape index (κ3) is 2.16. The highest BCUT2D eigenvalue weighted by atomic mass is 16.2. The van der Waals surface area contributed by atoms with E-state index in [1.54, 1.807) is 0 Å². The van der Waals surface area contributed by atoms with Crippen LogP contribution in [0.2, 0.25) is 0 Å². The standard InChI is InChI=1S/C13H17N3O/c1-4-14-13-15-11(12(17)16-13)10-8(2)6-5-7-9(10)3/h5-7,11H,4H2,1-3H3,(H2,14,15,16,17). The molecular formula is C13H17N3O. The second-order valence-corrected chi connectivity index (χ2v) is 4.20. The van der Waals surface area contributed by atoms with Gasteiger partial charge in [-0.15, -0.1) is 0 Å². The fourth-order valence-electron chi connectivity index (χ4n) is 2.16. The van der Waals surface area contributed by atoms with Crippen LogP contribution in [0.25, 0.3) is 0 Å². The lowest BCUT2D eigenvalue weighted by Crippen LogP contribution is -2.25. The van der Waals surface area contributed by atoms with Crippen molar-refractivity contribution < 1.29 is 4.79 Å². The van der Waals surface area contributed by atoms with Crippen LogP contribution in [0, 0.1) is 13.8 Å². The Labute approximate surface area is 101 Å². The highest BCUT2D eigenvalue weighted by Crippen LogP contribution is 2.23. The molecule has 1 fully saturated rings. The summed E-state index contributed by atoms with van der Waals surface area (Å²) in [6, 6.07) is 5.72. The first-order chi connectivity index (χ1) is 8.13. The summed E-state index contributed by atoms with van der Waals surface area (Å²) >= 11 is 0. The van der Waals surface area contributed by atoms with E-state index in [1.165, 1.54) is 0 Å². The van der Waals surface area contributed by atoms with Crippen LogP contribution >= 0.6 is 0 Å². The number of guanidine groups is 1. The molecule has 1 heterocycles. The molecule has 2 rings (SSSR count). The molecule has 90 valence electrons. The number of amides is 1. The molecule has 0 aliphatic carbocycles. The first kappa shape index (κ1) is 11.6. The van der Waals surface area contributed by atoms with Crippen molar-refractivity contribution in [3.63, 3.8) is 0 Å². The minimum Gasteiger partial charge on any atom is -0.340 e. The maximum absolute atomic E-state index is 11.9. The van der Waals surface area contributed by atoms with Gasteiger partial charge in [0.1, 0.15) is 6.04 Å². The lowest BCUT2D eigenvalue weighted by atomic mass is 9.96. The summed E-state index contributed by atoms with van der Waals surface area (Å²) < 4.78 is 0. The molecule has 1 unspecified atom stereocenters. The topological polar surface area (TPSA) is 53.5 Å². The van der Waals surface area contributed by atoms with E-state index in [1.807, 2.05) is 39.0 Å². The van der Waals surface area contributed by atoms with Gasteiger partial charge in [0.2, 0.25) is 0 Å². The van der Waals surface area contributed by atoms with Gasteiger partial charge in [0.25, 0.3) is 5.91 Å². The van der Waals surface area contributed by atoms with Crippen LogP contribution in [0.15, 0.2) is 23.2 Å². The number of nitrogens with zero attached hydrogens (tertiary/aromatic N) is 1. The van der Waals surface area contributed by atoms with E-state index in [0.717, 1.165) is 16.7 Å². The molecule has 0 aromatic heterocycles. The molecule has 2 N–H and O–H groups in total. The monoisotopic (exact) mass is 231 g/mol. The molecule has 1 atom stereocenters. The first-order valence-electron chi connectivity index (χ1n) is 5.81. The summed E-state index contributed by atoms with van der Waals surface area (Å²) in [6.45, 7) is 6.63. The number of carbonyl (C=O) groups excluding carboxylic acids is 1. The summed E-state index contributed by atoms with van der Waals surface area (Å²) in [5.74, 6) is 0.541.